The van der Waals surface area contributed by atoms with Crippen molar-refractivity contribution in [2.24, 2.45) is 4.99 Å². The van der Waals surface area contributed by atoms with E-state index < -0.39 is 0 Å². The van der Waals surface area contributed by atoms with Crippen LogP contribution in [0.4, 0.5) is 5.82 Å². The van der Waals surface area contributed by atoms with Crippen molar-refractivity contribution in [3.05, 3.63) is 23.9 Å². The minimum absolute atomic E-state index is 0. The third-order valence-electron chi connectivity index (χ3n) is 4.78. The van der Waals surface area contributed by atoms with Crippen molar-refractivity contribution in [3.63, 3.8) is 0 Å². The largest absolute Gasteiger partial charge is 0.376 e. The van der Waals surface area contributed by atoms with Crippen LogP contribution < -0.4 is 15.5 Å². The van der Waals surface area contributed by atoms with E-state index in [1.807, 2.05) is 6.20 Å². The summed E-state index contributed by atoms with van der Waals surface area (Å²) in [5.41, 5.74) is 1.20. The van der Waals surface area contributed by atoms with Crippen LogP contribution in [0.3, 0.4) is 0 Å². The van der Waals surface area contributed by atoms with Crippen LogP contribution in [0.25, 0.3) is 0 Å². The predicted octanol–water partition coefficient (Wildman–Crippen LogP) is 2.92. The van der Waals surface area contributed by atoms with Gasteiger partial charge in [0, 0.05) is 39.0 Å². The minimum Gasteiger partial charge on any atom is -0.376 e. The average molecular weight is 473 g/mol. The summed E-state index contributed by atoms with van der Waals surface area (Å²) in [5.74, 6) is 1.94. The third-order valence-corrected chi connectivity index (χ3v) is 4.78. The fraction of sp³-hybridized carbons (Fsp3) is 0.684. The Bertz CT molecular complexity index is 557. The van der Waals surface area contributed by atoms with E-state index in [-0.39, 0.29) is 24.0 Å². The summed E-state index contributed by atoms with van der Waals surface area (Å²) in [7, 11) is 0. The van der Waals surface area contributed by atoms with E-state index in [4.69, 9.17) is 9.73 Å². The van der Waals surface area contributed by atoms with Crippen LogP contribution in [-0.4, -0.2) is 49.8 Å². The number of nitrogens with zero attached hydrogens (tertiary/aromatic N) is 3. The quantitative estimate of drug-likeness (QED) is 0.378. The van der Waals surface area contributed by atoms with Crippen LogP contribution in [0.5, 0.6) is 0 Å². The van der Waals surface area contributed by atoms with Crippen LogP contribution in [0.1, 0.15) is 44.6 Å². The number of rotatable bonds is 6. The van der Waals surface area contributed by atoms with Gasteiger partial charge in [0.2, 0.25) is 0 Å². The van der Waals surface area contributed by atoms with E-state index in [2.05, 4.69) is 39.6 Å². The summed E-state index contributed by atoms with van der Waals surface area (Å²) in [5, 5.41) is 6.71. The van der Waals surface area contributed by atoms with E-state index in [0.29, 0.717) is 12.6 Å². The number of ether oxygens (including phenoxy) is 1. The highest BCUT2D eigenvalue weighted by atomic mass is 127. The molecule has 0 amide bonds. The Balaban J connectivity index is 0.00000243. The molecule has 0 aliphatic carbocycles. The molecule has 0 saturated carbocycles. The maximum Gasteiger partial charge on any atom is 0.191 e. The van der Waals surface area contributed by atoms with Gasteiger partial charge in [0.15, 0.2) is 5.96 Å². The molecule has 1 unspecified atom stereocenters. The topological polar surface area (TPSA) is 61.8 Å². The number of aromatic nitrogens is 1. The molecule has 1 aromatic rings. The van der Waals surface area contributed by atoms with Crippen molar-refractivity contribution >= 4 is 35.8 Å². The van der Waals surface area contributed by atoms with Gasteiger partial charge in [0.1, 0.15) is 5.82 Å². The highest BCUT2D eigenvalue weighted by molar-refractivity contribution is 14.0. The van der Waals surface area contributed by atoms with Gasteiger partial charge in [-0.2, -0.15) is 0 Å². The second-order valence-electron chi connectivity index (χ2n) is 6.78. The number of piperidine rings is 1. The smallest absolute Gasteiger partial charge is 0.191 e. The molecule has 26 heavy (non-hydrogen) atoms. The van der Waals surface area contributed by atoms with Crippen LogP contribution in [0.15, 0.2) is 23.3 Å². The summed E-state index contributed by atoms with van der Waals surface area (Å²) in [6.07, 6.45) is 8.38. The lowest BCUT2D eigenvalue weighted by molar-refractivity contribution is 0.114. The van der Waals surface area contributed by atoms with Gasteiger partial charge < -0.3 is 20.3 Å². The van der Waals surface area contributed by atoms with Gasteiger partial charge >= 0.3 is 0 Å². The van der Waals surface area contributed by atoms with E-state index in [0.717, 1.165) is 57.4 Å². The van der Waals surface area contributed by atoms with Crippen LogP contribution in [0, 0.1) is 0 Å². The van der Waals surface area contributed by atoms with Gasteiger partial charge in [-0.25, -0.2) is 9.98 Å². The summed E-state index contributed by atoms with van der Waals surface area (Å²) in [6, 6.07) is 4.24. The summed E-state index contributed by atoms with van der Waals surface area (Å²) >= 11 is 0. The normalized spacial score (nSPS) is 20.6. The molecule has 0 radical (unpaired) electrons. The Kier molecular flexibility index (Phi) is 9.45. The SMILES string of the molecule is CCNC(=NCc1ccnc(N2CCCCC2)c1)NCC1CCCO1.I. The standard InChI is InChI=1S/C19H31N5O.HI/c1-2-20-19(23-15-17-7-6-12-25-17)22-14-16-8-9-21-18(13-16)24-10-4-3-5-11-24;/h8-9,13,17H,2-7,10-12,14-15H2,1H3,(H2,20,22,23);1H. The Hall–Kier alpha value is -1.09. The Morgan fingerprint density at radius 1 is 1.27 bits per heavy atom. The molecule has 1 atom stereocenters. The van der Waals surface area contributed by atoms with Gasteiger partial charge in [-0.3, -0.25) is 0 Å². The molecule has 3 heterocycles. The zero-order valence-corrected chi connectivity index (χ0v) is 18.1. The van der Waals surface area contributed by atoms with Gasteiger partial charge in [-0.15, -0.1) is 24.0 Å². The fourth-order valence-electron chi connectivity index (χ4n) is 3.38. The van der Waals surface area contributed by atoms with E-state index in [1.54, 1.807) is 0 Å². The highest BCUT2D eigenvalue weighted by Crippen LogP contribution is 2.18. The van der Waals surface area contributed by atoms with E-state index in [9.17, 15) is 0 Å². The number of nitrogens with one attached hydrogen (secondary N) is 2. The van der Waals surface area contributed by atoms with Crippen LogP contribution in [0.2, 0.25) is 0 Å². The molecule has 2 aliphatic heterocycles. The average Bonchev–Trinajstić information content (AvgIpc) is 3.18. The Morgan fingerprint density at radius 3 is 2.85 bits per heavy atom. The van der Waals surface area contributed by atoms with Crippen molar-refractivity contribution in [2.45, 2.75) is 51.7 Å². The monoisotopic (exact) mass is 473 g/mol. The molecule has 3 rings (SSSR count). The van der Waals surface area contributed by atoms with E-state index >= 15 is 0 Å². The first kappa shape index (κ1) is 21.2. The zero-order chi connectivity index (χ0) is 17.3. The number of aliphatic imine (C=N–C) groups is 1. The summed E-state index contributed by atoms with van der Waals surface area (Å²) in [4.78, 5) is 11.7. The highest BCUT2D eigenvalue weighted by Gasteiger charge is 2.15. The molecule has 7 heteroatoms. The number of guanidine groups is 1. The summed E-state index contributed by atoms with van der Waals surface area (Å²) < 4.78 is 5.67. The molecular weight excluding hydrogens is 441 g/mol. The molecule has 2 saturated heterocycles. The van der Waals surface area contributed by atoms with Gasteiger partial charge in [0.05, 0.1) is 12.6 Å². The van der Waals surface area contributed by atoms with Gasteiger partial charge in [0.25, 0.3) is 0 Å². The molecule has 2 aliphatic rings. The molecule has 1 aromatic heterocycles. The van der Waals surface area contributed by atoms with Crippen molar-refractivity contribution in [2.75, 3.05) is 37.7 Å². The fourth-order valence-corrected chi connectivity index (χ4v) is 3.38. The third kappa shape index (κ3) is 6.57. The lowest BCUT2D eigenvalue weighted by Gasteiger charge is -2.27. The lowest BCUT2D eigenvalue weighted by atomic mass is 10.1. The van der Waals surface area contributed by atoms with Gasteiger partial charge in [-0.05, 0) is 56.7 Å². The zero-order valence-electron chi connectivity index (χ0n) is 15.7. The Morgan fingerprint density at radius 2 is 2.12 bits per heavy atom. The van der Waals surface area contributed by atoms with Crippen molar-refractivity contribution < 1.29 is 4.74 Å². The first-order valence-corrected chi connectivity index (χ1v) is 9.69. The maximum atomic E-state index is 5.67. The number of hydrogen-bond acceptors (Lipinski definition) is 4. The molecular formula is C19H32IN5O. The molecule has 0 spiro atoms. The number of halogens is 1. The number of hydrogen-bond donors (Lipinski definition) is 2. The van der Waals surface area contributed by atoms with Gasteiger partial charge in [-0.1, -0.05) is 0 Å². The van der Waals surface area contributed by atoms with Crippen LogP contribution >= 0.6 is 24.0 Å². The van der Waals surface area contributed by atoms with Crippen molar-refractivity contribution in [3.8, 4) is 0 Å². The number of pyridine rings is 1. The second kappa shape index (κ2) is 11.6. The van der Waals surface area contributed by atoms with Crippen LogP contribution in [-0.2, 0) is 11.3 Å². The molecule has 2 N–H and O–H groups in total. The van der Waals surface area contributed by atoms with E-state index in [1.165, 1.54) is 24.8 Å². The van der Waals surface area contributed by atoms with Crippen molar-refractivity contribution in [1.82, 2.24) is 15.6 Å². The molecule has 2 fully saturated rings. The summed E-state index contributed by atoms with van der Waals surface area (Å²) in [6.45, 7) is 7.54. The van der Waals surface area contributed by atoms with Crippen molar-refractivity contribution in [1.29, 1.82) is 0 Å². The second-order valence-corrected chi connectivity index (χ2v) is 6.78. The first-order chi connectivity index (χ1) is 12.3. The molecule has 146 valence electrons. The maximum absolute atomic E-state index is 5.67. The lowest BCUT2D eigenvalue weighted by Crippen LogP contribution is -2.41. The molecule has 0 bridgehead atoms. The predicted molar refractivity (Wildman–Crippen MR) is 118 cm³/mol. The molecule has 6 nitrogen and oxygen atoms in total. The number of anilines is 1. The minimum atomic E-state index is 0. The first-order valence-electron chi connectivity index (χ1n) is 9.69. The Labute approximate surface area is 174 Å². The molecule has 0 aromatic carbocycles.